The summed E-state index contributed by atoms with van der Waals surface area (Å²) in [6, 6.07) is 2.19. The van der Waals surface area contributed by atoms with Crippen molar-refractivity contribution in [2.75, 3.05) is 47.5 Å². The second-order valence-electron chi connectivity index (χ2n) is 8.00. The third-order valence-corrected chi connectivity index (χ3v) is 5.76. The fourth-order valence-corrected chi connectivity index (χ4v) is 3.89. The summed E-state index contributed by atoms with van der Waals surface area (Å²) in [5.41, 5.74) is 5.40. The van der Waals surface area contributed by atoms with Crippen LogP contribution < -0.4 is 10.1 Å². The van der Waals surface area contributed by atoms with Gasteiger partial charge in [0.2, 0.25) is 5.91 Å². The molecule has 0 spiro atoms. The van der Waals surface area contributed by atoms with Crippen LogP contribution in [0.3, 0.4) is 0 Å². The summed E-state index contributed by atoms with van der Waals surface area (Å²) >= 11 is 0. The first-order chi connectivity index (χ1) is 12.8. The Labute approximate surface area is 164 Å². The van der Waals surface area contributed by atoms with E-state index >= 15 is 0 Å². The number of ether oxygens (including phenoxy) is 2. The van der Waals surface area contributed by atoms with Crippen molar-refractivity contribution in [1.29, 1.82) is 0 Å². The molecule has 1 aliphatic carbocycles. The van der Waals surface area contributed by atoms with Crippen molar-refractivity contribution in [3.8, 4) is 5.75 Å². The van der Waals surface area contributed by atoms with Gasteiger partial charge < -0.3 is 19.7 Å². The zero-order valence-electron chi connectivity index (χ0n) is 17.9. The predicted molar refractivity (Wildman–Crippen MR) is 110 cm³/mol. The maximum Gasteiger partial charge on any atom is 0.223 e. The number of fused-ring (bicyclic) bond motifs is 1. The number of nitrogens with zero attached hydrogens (tertiary/aromatic N) is 1. The molecule has 1 aliphatic rings. The summed E-state index contributed by atoms with van der Waals surface area (Å²) in [4.78, 5) is 14.6. The third-order valence-electron chi connectivity index (χ3n) is 5.76. The first-order valence-electron chi connectivity index (χ1n) is 10.0. The number of hydrogen-bond acceptors (Lipinski definition) is 4. The van der Waals surface area contributed by atoms with E-state index in [0.29, 0.717) is 25.7 Å². The lowest BCUT2D eigenvalue weighted by atomic mass is 9.74. The summed E-state index contributed by atoms with van der Waals surface area (Å²) in [6.45, 7) is 9.11. The van der Waals surface area contributed by atoms with Gasteiger partial charge in [0, 0.05) is 26.1 Å². The number of likely N-dealkylation sites (N-methyl/N-ethyl adjacent to an activating group) is 1. The smallest absolute Gasteiger partial charge is 0.223 e. The summed E-state index contributed by atoms with van der Waals surface area (Å²) in [5.74, 6) is 1.50. The Morgan fingerprint density at radius 3 is 2.70 bits per heavy atom. The third kappa shape index (κ3) is 5.69. The van der Waals surface area contributed by atoms with Crippen molar-refractivity contribution < 1.29 is 14.3 Å². The van der Waals surface area contributed by atoms with Gasteiger partial charge in [0.05, 0.1) is 6.61 Å². The molecule has 0 aliphatic heterocycles. The average molecular weight is 377 g/mol. The van der Waals surface area contributed by atoms with E-state index in [2.05, 4.69) is 51.1 Å². The molecule has 0 unspecified atom stereocenters. The highest BCUT2D eigenvalue weighted by molar-refractivity contribution is 5.78. The van der Waals surface area contributed by atoms with Crippen LogP contribution in [0.15, 0.2) is 6.07 Å². The molecule has 0 heterocycles. The molecule has 0 saturated carbocycles. The molecule has 27 heavy (non-hydrogen) atoms. The van der Waals surface area contributed by atoms with E-state index in [1.54, 1.807) is 7.11 Å². The highest BCUT2D eigenvalue weighted by Crippen LogP contribution is 2.37. The number of amides is 1. The molecule has 1 aromatic carbocycles. The number of benzene rings is 1. The van der Waals surface area contributed by atoms with Crippen LogP contribution in [0.25, 0.3) is 0 Å². The summed E-state index contributed by atoms with van der Waals surface area (Å²) in [7, 11) is 5.76. The first-order valence-corrected chi connectivity index (χ1v) is 10.0. The lowest BCUT2D eigenvalue weighted by Gasteiger charge is -2.31. The molecule has 0 aromatic heterocycles. The quantitative estimate of drug-likeness (QED) is 0.674. The van der Waals surface area contributed by atoms with Crippen LogP contribution in [0.4, 0.5) is 0 Å². The number of aryl methyl sites for hydroxylation is 1. The molecule has 2 atom stereocenters. The van der Waals surface area contributed by atoms with Crippen LogP contribution in [-0.4, -0.2) is 58.3 Å². The number of methoxy groups -OCH3 is 1. The zero-order valence-corrected chi connectivity index (χ0v) is 17.9. The van der Waals surface area contributed by atoms with Crippen LogP contribution in [0, 0.1) is 25.7 Å². The number of rotatable bonds is 9. The lowest BCUT2D eigenvalue weighted by Crippen LogP contribution is -2.37. The Bertz CT molecular complexity index is 643. The van der Waals surface area contributed by atoms with Crippen molar-refractivity contribution in [1.82, 2.24) is 10.2 Å². The fourth-order valence-electron chi connectivity index (χ4n) is 3.89. The van der Waals surface area contributed by atoms with Gasteiger partial charge in [0.1, 0.15) is 12.4 Å². The van der Waals surface area contributed by atoms with Gasteiger partial charge >= 0.3 is 0 Å². The lowest BCUT2D eigenvalue weighted by molar-refractivity contribution is -0.126. The van der Waals surface area contributed by atoms with Gasteiger partial charge in [-0.1, -0.05) is 6.92 Å². The van der Waals surface area contributed by atoms with Gasteiger partial charge in [-0.15, -0.1) is 0 Å². The van der Waals surface area contributed by atoms with Gasteiger partial charge in [0.25, 0.3) is 0 Å². The maximum atomic E-state index is 12.5. The van der Waals surface area contributed by atoms with Crippen molar-refractivity contribution in [2.24, 2.45) is 11.8 Å². The normalized spacial score (nSPS) is 17.5. The maximum absolute atomic E-state index is 12.5. The van der Waals surface area contributed by atoms with Crippen LogP contribution in [0.5, 0.6) is 5.75 Å². The number of carbonyl (C=O) groups is 1. The summed E-state index contributed by atoms with van der Waals surface area (Å²) < 4.78 is 11.1. The standard InChI is InChI=1S/C22H36N2O3/c1-15-13-21(27-12-10-24(4)5)17(3)20-14-18(7-8-19(15)20)16(2)22(25)23-9-11-26-6/h13,16,18H,7-12,14H2,1-6H3,(H,23,25)/t16-,18+/m0/s1. The van der Waals surface area contributed by atoms with E-state index in [0.717, 1.165) is 31.6 Å². The molecule has 1 amide bonds. The number of carbonyl (C=O) groups excluding carboxylic acids is 1. The van der Waals surface area contributed by atoms with Gasteiger partial charge in [-0.25, -0.2) is 0 Å². The van der Waals surface area contributed by atoms with E-state index in [-0.39, 0.29) is 11.8 Å². The number of nitrogens with one attached hydrogen (secondary N) is 1. The summed E-state index contributed by atoms with van der Waals surface area (Å²) in [5, 5.41) is 2.99. The van der Waals surface area contributed by atoms with Crippen molar-refractivity contribution >= 4 is 5.91 Å². The van der Waals surface area contributed by atoms with Crippen LogP contribution in [0.2, 0.25) is 0 Å². The molecule has 152 valence electrons. The molecule has 0 saturated heterocycles. The van der Waals surface area contributed by atoms with Crippen LogP contribution in [0.1, 0.15) is 35.6 Å². The molecule has 5 nitrogen and oxygen atoms in total. The van der Waals surface area contributed by atoms with Gasteiger partial charge in [-0.3, -0.25) is 4.79 Å². The van der Waals surface area contributed by atoms with Crippen molar-refractivity contribution in [2.45, 2.75) is 40.0 Å². The number of hydrogen-bond donors (Lipinski definition) is 1. The van der Waals surface area contributed by atoms with E-state index in [4.69, 9.17) is 9.47 Å². The van der Waals surface area contributed by atoms with Gasteiger partial charge in [-0.2, -0.15) is 0 Å². The minimum Gasteiger partial charge on any atom is -0.492 e. The molecule has 0 fully saturated rings. The average Bonchev–Trinajstić information content (AvgIpc) is 2.64. The highest BCUT2D eigenvalue weighted by atomic mass is 16.5. The molecule has 0 bridgehead atoms. The van der Waals surface area contributed by atoms with Crippen molar-refractivity contribution in [3.63, 3.8) is 0 Å². The van der Waals surface area contributed by atoms with Crippen LogP contribution in [-0.2, 0) is 22.4 Å². The molecule has 0 radical (unpaired) electrons. The minimum atomic E-state index is 0.00743. The van der Waals surface area contributed by atoms with Crippen molar-refractivity contribution in [3.05, 3.63) is 28.3 Å². The van der Waals surface area contributed by atoms with Crippen LogP contribution >= 0.6 is 0 Å². The Morgan fingerprint density at radius 2 is 2.04 bits per heavy atom. The minimum absolute atomic E-state index is 0.00743. The van der Waals surface area contributed by atoms with E-state index in [1.165, 1.54) is 22.3 Å². The predicted octanol–water partition coefficient (Wildman–Crippen LogP) is 2.75. The zero-order chi connectivity index (χ0) is 20.0. The molecule has 2 rings (SSSR count). The van der Waals surface area contributed by atoms with Gasteiger partial charge in [-0.05, 0) is 81.4 Å². The Morgan fingerprint density at radius 1 is 1.30 bits per heavy atom. The summed E-state index contributed by atoms with van der Waals surface area (Å²) in [6.07, 6.45) is 3.05. The second-order valence-corrected chi connectivity index (χ2v) is 8.00. The molecular formula is C22H36N2O3. The highest BCUT2D eigenvalue weighted by Gasteiger charge is 2.30. The first kappa shape index (κ1) is 21.7. The van der Waals surface area contributed by atoms with E-state index < -0.39 is 0 Å². The Kier molecular flexibility index (Phi) is 8.11. The topological polar surface area (TPSA) is 50.8 Å². The molecule has 1 N–H and O–H groups in total. The largest absolute Gasteiger partial charge is 0.492 e. The Balaban J connectivity index is 2.10. The molecule has 5 heteroatoms. The van der Waals surface area contributed by atoms with Gasteiger partial charge in [0.15, 0.2) is 0 Å². The molecular weight excluding hydrogens is 340 g/mol. The monoisotopic (exact) mass is 376 g/mol. The second kappa shape index (κ2) is 10.1. The fraction of sp³-hybridized carbons (Fsp3) is 0.682. The molecule has 1 aromatic rings. The SMILES string of the molecule is COCCNC(=O)[C@@H](C)[C@@H]1CCc2c(C)cc(OCCN(C)C)c(C)c2C1. The van der Waals surface area contributed by atoms with E-state index in [1.807, 2.05) is 0 Å². The van der Waals surface area contributed by atoms with E-state index in [9.17, 15) is 4.79 Å². The Hall–Kier alpha value is -1.59.